The molecular weight excluding hydrogens is 236 g/mol. The predicted molar refractivity (Wildman–Crippen MR) is 79.6 cm³/mol. The molecule has 0 saturated heterocycles. The minimum Gasteiger partial charge on any atom is -0.272 e. The van der Waals surface area contributed by atoms with Crippen LogP contribution in [0, 0.1) is 32.6 Å². The SMILES string of the molecule is CC1=NN(c2c(C)cc(C)cc2C)C(=O)C1C(C)C. The number of carbonyl (C=O) groups is 1. The van der Waals surface area contributed by atoms with Crippen molar-refractivity contribution in [3.05, 3.63) is 28.8 Å². The lowest BCUT2D eigenvalue weighted by Crippen LogP contribution is -2.31. The summed E-state index contributed by atoms with van der Waals surface area (Å²) in [5, 5.41) is 6.10. The number of carbonyl (C=O) groups excluding carboxylic acids is 1. The molecule has 1 unspecified atom stereocenters. The van der Waals surface area contributed by atoms with Crippen molar-refractivity contribution in [1.29, 1.82) is 0 Å². The molecule has 1 heterocycles. The summed E-state index contributed by atoms with van der Waals surface area (Å²) in [6.07, 6.45) is 0. The van der Waals surface area contributed by atoms with Crippen molar-refractivity contribution in [1.82, 2.24) is 0 Å². The van der Waals surface area contributed by atoms with E-state index in [0.29, 0.717) is 0 Å². The zero-order valence-corrected chi connectivity index (χ0v) is 12.6. The maximum Gasteiger partial charge on any atom is 0.256 e. The highest BCUT2D eigenvalue weighted by Gasteiger charge is 2.37. The molecule has 0 fully saturated rings. The molecule has 0 aromatic heterocycles. The Morgan fingerprint density at radius 1 is 1.11 bits per heavy atom. The van der Waals surface area contributed by atoms with E-state index in [2.05, 4.69) is 38.0 Å². The van der Waals surface area contributed by atoms with Crippen molar-refractivity contribution < 1.29 is 4.79 Å². The van der Waals surface area contributed by atoms with Crippen LogP contribution in [0.5, 0.6) is 0 Å². The first-order valence-corrected chi connectivity index (χ1v) is 6.80. The average molecular weight is 258 g/mol. The molecule has 19 heavy (non-hydrogen) atoms. The van der Waals surface area contributed by atoms with Gasteiger partial charge >= 0.3 is 0 Å². The maximum absolute atomic E-state index is 12.6. The lowest BCUT2D eigenvalue weighted by Gasteiger charge is -2.20. The van der Waals surface area contributed by atoms with Crippen LogP contribution in [0.25, 0.3) is 0 Å². The van der Waals surface area contributed by atoms with Gasteiger partial charge in [0, 0.05) is 5.71 Å². The number of hydrogen-bond donors (Lipinski definition) is 0. The summed E-state index contributed by atoms with van der Waals surface area (Å²) in [4.78, 5) is 12.6. The van der Waals surface area contributed by atoms with Crippen LogP contribution in [0.1, 0.15) is 37.5 Å². The van der Waals surface area contributed by atoms with Crippen LogP contribution < -0.4 is 5.01 Å². The molecule has 0 saturated carbocycles. The van der Waals surface area contributed by atoms with E-state index in [-0.39, 0.29) is 17.7 Å². The summed E-state index contributed by atoms with van der Waals surface area (Å²) in [6.45, 7) is 12.2. The highest BCUT2D eigenvalue weighted by atomic mass is 16.2. The number of amides is 1. The topological polar surface area (TPSA) is 32.7 Å². The number of nitrogens with zero attached hydrogens (tertiary/aromatic N) is 2. The molecule has 3 heteroatoms. The minimum absolute atomic E-state index is 0.0832. The van der Waals surface area contributed by atoms with E-state index in [0.717, 1.165) is 22.5 Å². The number of benzene rings is 1. The van der Waals surface area contributed by atoms with Gasteiger partial charge in [0.15, 0.2) is 0 Å². The van der Waals surface area contributed by atoms with Gasteiger partial charge in [-0.05, 0) is 44.7 Å². The van der Waals surface area contributed by atoms with Gasteiger partial charge in [0.1, 0.15) is 0 Å². The van der Waals surface area contributed by atoms with Crippen molar-refractivity contribution >= 4 is 17.3 Å². The molecular formula is C16H22N2O. The summed E-state index contributed by atoms with van der Waals surface area (Å²) >= 11 is 0. The zero-order valence-electron chi connectivity index (χ0n) is 12.6. The molecule has 1 amide bonds. The molecule has 1 atom stereocenters. The van der Waals surface area contributed by atoms with E-state index in [1.807, 2.05) is 20.8 Å². The lowest BCUT2D eigenvalue weighted by molar-refractivity contribution is -0.120. The second-order valence-electron chi connectivity index (χ2n) is 5.86. The van der Waals surface area contributed by atoms with Gasteiger partial charge in [-0.1, -0.05) is 31.5 Å². The average Bonchev–Trinajstić information content (AvgIpc) is 2.52. The number of aryl methyl sites for hydroxylation is 3. The van der Waals surface area contributed by atoms with E-state index < -0.39 is 0 Å². The first kappa shape index (κ1) is 13.8. The summed E-state index contributed by atoms with van der Waals surface area (Å²) in [5.41, 5.74) is 5.28. The number of hydrogen-bond acceptors (Lipinski definition) is 2. The molecule has 0 N–H and O–H groups in total. The molecule has 0 radical (unpaired) electrons. The smallest absolute Gasteiger partial charge is 0.256 e. The Morgan fingerprint density at radius 2 is 1.63 bits per heavy atom. The molecule has 1 aromatic rings. The Hall–Kier alpha value is -1.64. The first-order valence-electron chi connectivity index (χ1n) is 6.80. The van der Waals surface area contributed by atoms with Crippen LogP contribution in [-0.4, -0.2) is 11.6 Å². The molecule has 1 aliphatic rings. The number of anilines is 1. The highest BCUT2D eigenvalue weighted by Crippen LogP contribution is 2.33. The van der Waals surface area contributed by atoms with E-state index >= 15 is 0 Å². The van der Waals surface area contributed by atoms with Crippen molar-refractivity contribution in [3.63, 3.8) is 0 Å². The number of hydrazone groups is 1. The summed E-state index contributed by atoms with van der Waals surface area (Å²) in [5.74, 6) is 0.301. The van der Waals surface area contributed by atoms with Gasteiger partial charge in [0.25, 0.3) is 5.91 Å². The normalized spacial score (nSPS) is 19.3. The fourth-order valence-corrected chi connectivity index (χ4v) is 3.01. The second-order valence-corrected chi connectivity index (χ2v) is 5.86. The minimum atomic E-state index is -0.0832. The van der Waals surface area contributed by atoms with Gasteiger partial charge in [-0.25, -0.2) is 0 Å². The van der Waals surface area contributed by atoms with Gasteiger partial charge < -0.3 is 0 Å². The van der Waals surface area contributed by atoms with Crippen molar-refractivity contribution in [2.75, 3.05) is 5.01 Å². The summed E-state index contributed by atoms with van der Waals surface area (Å²) in [7, 11) is 0. The van der Waals surface area contributed by atoms with Crippen LogP contribution >= 0.6 is 0 Å². The molecule has 3 nitrogen and oxygen atoms in total. The van der Waals surface area contributed by atoms with E-state index in [4.69, 9.17) is 0 Å². The Morgan fingerprint density at radius 3 is 2.05 bits per heavy atom. The molecule has 1 aliphatic heterocycles. The van der Waals surface area contributed by atoms with Gasteiger partial charge in [-0.15, -0.1) is 0 Å². The first-order chi connectivity index (χ1) is 8.82. The molecule has 0 aliphatic carbocycles. The van der Waals surface area contributed by atoms with Crippen LogP contribution in [0.4, 0.5) is 5.69 Å². The third-order valence-corrected chi connectivity index (χ3v) is 3.70. The fourth-order valence-electron chi connectivity index (χ4n) is 3.01. The lowest BCUT2D eigenvalue weighted by atomic mass is 9.91. The predicted octanol–water partition coefficient (Wildman–Crippen LogP) is 3.61. The third-order valence-electron chi connectivity index (χ3n) is 3.70. The van der Waals surface area contributed by atoms with E-state index in [1.54, 1.807) is 5.01 Å². The Kier molecular flexibility index (Phi) is 3.48. The van der Waals surface area contributed by atoms with Crippen molar-refractivity contribution in [3.8, 4) is 0 Å². The van der Waals surface area contributed by atoms with Crippen LogP contribution in [0.15, 0.2) is 17.2 Å². The van der Waals surface area contributed by atoms with E-state index in [1.165, 1.54) is 5.56 Å². The number of rotatable bonds is 2. The second kappa shape index (κ2) is 4.80. The molecule has 1 aromatic carbocycles. The Bertz CT molecular complexity index is 535. The third kappa shape index (κ3) is 2.29. The quantitative estimate of drug-likeness (QED) is 0.797. The summed E-state index contributed by atoms with van der Waals surface area (Å²) < 4.78 is 0. The zero-order chi connectivity index (χ0) is 14.3. The Labute approximate surface area is 115 Å². The van der Waals surface area contributed by atoms with Gasteiger partial charge in [0.05, 0.1) is 11.6 Å². The van der Waals surface area contributed by atoms with Gasteiger partial charge in [-0.2, -0.15) is 10.1 Å². The largest absolute Gasteiger partial charge is 0.272 e. The van der Waals surface area contributed by atoms with Crippen molar-refractivity contribution in [2.45, 2.75) is 41.5 Å². The maximum atomic E-state index is 12.6. The van der Waals surface area contributed by atoms with Gasteiger partial charge in [0.2, 0.25) is 0 Å². The van der Waals surface area contributed by atoms with Crippen LogP contribution in [-0.2, 0) is 4.79 Å². The van der Waals surface area contributed by atoms with Gasteiger partial charge in [-0.3, -0.25) is 4.79 Å². The fraction of sp³-hybridized carbons (Fsp3) is 0.500. The highest BCUT2D eigenvalue weighted by molar-refractivity contribution is 6.15. The monoisotopic (exact) mass is 258 g/mol. The molecule has 102 valence electrons. The molecule has 0 bridgehead atoms. The Balaban J connectivity index is 2.48. The summed E-state index contributed by atoms with van der Waals surface area (Å²) in [6, 6.07) is 4.20. The van der Waals surface area contributed by atoms with E-state index in [9.17, 15) is 4.79 Å². The molecule has 2 rings (SSSR count). The molecule has 0 spiro atoms. The van der Waals surface area contributed by atoms with Crippen LogP contribution in [0.3, 0.4) is 0 Å². The van der Waals surface area contributed by atoms with Crippen molar-refractivity contribution in [2.24, 2.45) is 16.9 Å². The van der Waals surface area contributed by atoms with Crippen LogP contribution in [0.2, 0.25) is 0 Å². The standard InChI is InChI=1S/C16H22N2O/c1-9(2)14-13(6)17-18(16(14)19)15-11(4)7-10(3)8-12(15)5/h7-9,14H,1-6H3.